The molecule has 2 N–H and O–H groups in total. The van der Waals surface area contributed by atoms with Crippen LogP contribution in [-0.2, 0) is 19.6 Å². The van der Waals surface area contributed by atoms with Crippen molar-refractivity contribution in [1.82, 2.24) is 19.8 Å². The number of H-pyrrole nitrogens is 1. The zero-order valence-corrected chi connectivity index (χ0v) is 9.69. The monoisotopic (exact) mass is 258 g/mol. The molecule has 0 aliphatic carbocycles. The molecular formula is C8H10N4O4S. The van der Waals surface area contributed by atoms with Crippen molar-refractivity contribution >= 4 is 21.8 Å². The Labute approximate surface area is 97.0 Å². The molecule has 2 amide bonds. The highest BCUT2D eigenvalue weighted by molar-refractivity contribution is 7.89. The molecule has 1 aliphatic rings. The van der Waals surface area contributed by atoms with Gasteiger partial charge in [-0.25, -0.2) is 8.42 Å². The van der Waals surface area contributed by atoms with E-state index in [0.29, 0.717) is 0 Å². The van der Waals surface area contributed by atoms with E-state index in [2.05, 4.69) is 15.5 Å². The van der Waals surface area contributed by atoms with Gasteiger partial charge in [-0.2, -0.15) is 9.40 Å². The first-order chi connectivity index (χ1) is 7.93. The lowest BCUT2D eigenvalue weighted by Crippen LogP contribution is -2.58. The van der Waals surface area contributed by atoms with Gasteiger partial charge >= 0.3 is 0 Å². The summed E-state index contributed by atoms with van der Waals surface area (Å²) < 4.78 is 25.0. The number of aromatic amines is 1. The molecule has 17 heavy (non-hydrogen) atoms. The van der Waals surface area contributed by atoms with E-state index in [0.717, 1.165) is 4.31 Å². The third-order valence-electron chi connectivity index (χ3n) is 2.44. The lowest BCUT2D eigenvalue weighted by Gasteiger charge is -2.29. The first kappa shape index (κ1) is 11.7. The van der Waals surface area contributed by atoms with Crippen molar-refractivity contribution in [1.29, 1.82) is 0 Å². The number of carbonyl (C=O) groups is 2. The standard InChI is InChI=1S/C8H10N4O4S/c1-5-8(14)10-6(13)4-12(5)17(15,16)7-2-3-9-11-7/h2-3,5H,4H2,1H3,(H,9,11)(H,10,13,14). The van der Waals surface area contributed by atoms with Gasteiger partial charge in [0.25, 0.3) is 10.0 Å². The Balaban J connectivity index is 2.39. The van der Waals surface area contributed by atoms with Gasteiger partial charge in [-0.15, -0.1) is 0 Å². The SMILES string of the molecule is CC1C(=O)NC(=O)CN1S(=O)(=O)c1ccn[nH]1. The summed E-state index contributed by atoms with van der Waals surface area (Å²) in [6.07, 6.45) is 1.28. The van der Waals surface area contributed by atoms with Crippen molar-refractivity contribution in [2.45, 2.75) is 18.0 Å². The smallest absolute Gasteiger partial charge is 0.261 e. The molecule has 0 bridgehead atoms. The molecule has 1 aromatic rings. The first-order valence-electron chi connectivity index (χ1n) is 4.78. The fourth-order valence-electron chi connectivity index (χ4n) is 1.50. The third-order valence-corrected chi connectivity index (χ3v) is 4.28. The maximum atomic E-state index is 12.1. The van der Waals surface area contributed by atoms with Crippen molar-refractivity contribution in [2.75, 3.05) is 6.54 Å². The minimum absolute atomic E-state index is 0.146. The van der Waals surface area contributed by atoms with Gasteiger partial charge in [0.05, 0.1) is 12.7 Å². The predicted octanol–water partition coefficient (Wildman–Crippen LogP) is -1.55. The largest absolute Gasteiger partial charge is 0.294 e. The molecule has 2 heterocycles. The van der Waals surface area contributed by atoms with E-state index >= 15 is 0 Å². The molecular weight excluding hydrogens is 248 g/mol. The van der Waals surface area contributed by atoms with E-state index in [9.17, 15) is 18.0 Å². The number of nitrogens with one attached hydrogen (secondary N) is 2. The van der Waals surface area contributed by atoms with Gasteiger partial charge < -0.3 is 0 Å². The maximum Gasteiger partial charge on any atom is 0.261 e. The molecule has 92 valence electrons. The first-order valence-corrected chi connectivity index (χ1v) is 6.22. The fourth-order valence-corrected chi connectivity index (χ4v) is 2.95. The summed E-state index contributed by atoms with van der Waals surface area (Å²) in [5, 5.41) is 7.75. The highest BCUT2D eigenvalue weighted by Crippen LogP contribution is 2.17. The highest BCUT2D eigenvalue weighted by atomic mass is 32.2. The summed E-state index contributed by atoms with van der Waals surface area (Å²) >= 11 is 0. The van der Waals surface area contributed by atoms with Gasteiger partial charge in [0.1, 0.15) is 6.04 Å². The van der Waals surface area contributed by atoms with Crippen molar-refractivity contribution in [3.63, 3.8) is 0 Å². The highest BCUT2D eigenvalue weighted by Gasteiger charge is 2.39. The van der Waals surface area contributed by atoms with Gasteiger partial charge in [-0.1, -0.05) is 0 Å². The molecule has 0 radical (unpaired) electrons. The zero-order valence-electron chi connectivity index (χ0n) is 8.87. The molecule has 0 saturated carbocycles. The molecule has 0 aromatic carbocycles. The molecule has 0 spiro atoms. The normalized spacial score (nSPS) is 22.5. The van der Waals surface area contributed by atoms with Crippen LogP contribution in [-0.4, -0.2) is 47.3 Å². The second-order valence-corrected chi connectivity index (χ2v) is 5.42. The van der Waals surface area contributed by atoms with Crippen LogP contribution in [0.4, 0.5) is 0 Å². The number of hydrogen-bond acceptors (Lipinski definition) is 5. The van der Waals surface area contributed by atoms with Crippen LogP contribution >= 0.6 is 0 Å². The summed E-state index contributed by atoms with van der Waals surface area (Å²) in [5.74, 6) is -1.28. The van der Waals surface area contributed by atoms with E-state index in [1.54, 1.807) is 0 Å². The van der Waals surface area contributed by atoms with Crippen LogP contribution in [0.2, 0.25) is 0 Å². The Morgan fingerprint density at radius 1 is 1.47 bits per heavy atom. The molecule has 1 atom stereocenters. The van der Waals surface area contributed by atoms with Crippen molar-refractivity contribution < 1.29 is 18.0 Å². The van der Waals surface area contributed by atoms with Crippen molar-refractivity contribution in [3.8, 4) is 0 Å². The number of hydrogen-bond donors (Lipinski definition) is 2. The number of rotatable bonds is 2. The minimum Gasteiger partial charge on any atom is -0.294 e. The summed E-state index contributed by atoms with van der Waals surface area (Å²) in [7, 11) is -3.90. The number of nitrogens with zero attached hydrogens (tertiary/aromatic N) is 2. The Hall–Kier alpha value is -1.74. The maximum absolute atomic E-state index is 12.1. The van der Waals surface area contributed by atoms with Gasteiger partial charge in [0.15, 0.2) is 5.03 Å². The molecule has 2 rings (SSSR count). The summed E-state index contributed by atoms with van der Waals surface area (Å²) in [6, 6.07) is 0.333. The number of carbonyl (C=O) groups excluding carboxylic acids is 2. The van der Waals surface area contributed by atoms with E-state index in [-0.39, 0.29) is 11.6 Å². The molecule has 8 nitrogen and oxygen atoms in total. The van der Waals surface area contributed by atoms with Gasteiger partial charge in [-0.05, 0) is 13.0 Å². The Kier molecular flexibility index (Phi) is 2.71. The lowest BCUT2D eigenvalue weighted by molar-refractivity contribution is -0.136. The van der Waals surface area contributed by atoms with Crippen LogP contribution in [0.1, 0.15) is 6.92 Å². The van der Waals surface area contributed by atoms with Crippen molar-refractivity contribution in [2.24, 2.45) is 0 Å². The number of sulfonamides is 1. The van der Waals surface area contributed by atoms with Crippen LogP contribution in [0.15, 0.2) is 17.3 Å². The Morgan fingerprint density at radius 3 is 2.76 bits per heavy atom. The Morgan fingerprint density at radius 2 is 2.18 bits per heavy atom. The molecule has 9 heteroatoms. The quantitative estimate of drug-likeness (QED) is 0.623. The Bertz CT molecular complexity index is 550. The van der Waals surface area contributed by atoms with Crippen molar-refractivity contribution in [3.05, 3.63) is 12.3 Å². The minimum atomic E-state index is -3.90. The van der Waals surface area contributed by atoms with Gasteiger partial charge in [0, 0.05) is 0 Å². The van der Waals surface area contributed by atoms with Crippen LogP contribution in [0.3, 0.4) is 0 Å². The van der Waals surface area contributed by atoms with Crippen LogP contribution in [0.5, 0.6) is 0 Å². The lowest BCUT2D eigenvalue weighted by atomic mass is 10.2. The van der Waals surface area contributed by atoms with E-state index in [1.807, 2.05) is 0 Å². The van der Waals surface area contributed by atoms with Crippen LogP contribution in [0.25, 0.3) is 0 Å². The number of piperazine rings is 1. The summed E-state index contributed by atoms with van der Waals surface area (Å²) in [6.45, 7) is 1.03. The molecule has 1 fully saturated rings. The third kappa shape index (κ3) is 1.94. The molecule has 1 saturated heterocycles. The number of imide groups is 1. The van der Waals surface area contributed by atoms with Gasteiger partial charge in [-0.3, -0.25) is 20.0 Å². The van der Waals surface area contributed by atoms with Crippen LogP contribution < -0.4 is 5.32 Å². The topological polar surface area (TPSA) is 112 Å². The number of aromatic nitrogens is 2. The second kappa shape index (κ2) is 3.93. The second-order valence-electron chi connectivity index (χ2n) is 3.56. The molecule has 1 aromatic heterocycles. The number of amides is 2. The summed E-state index contributed by atoms with van der Waals surface area (Å²) in [5.41, 5.74) is 0. The van der Waals surface area contributed by atoms with E-state index in [4.69, 9.17) is 0 Å². The fraction of sp³-hybridized carbons (Fsp3) is 0.375. The summed E-state index contributed by atoms with van der Waals surface area (Å²) in [4.78, 5) is 22.5. The average molecular weight is 258 g/mol. The molecule has 1 aliphatic heterocycles. The predicted molar refractivity (Wildman–Crippen MR) is 55.1 cm³/mol. The molecule has 1 unspecified atom stereocenters. The van der Waals surface area contributed by atoms with E-state index < -0.39 is 27.9 Å². The van der Waals surface area contributed by atoms with Crippen LogP contribution in [0, 0.1) is 0 Å². The van der Waals surface area contributed by atoms with E-state index in [1.165, 1.54) is 19.2 Å². The average Bonchev–Trinajstić information content (AvgIpc) is 2.76. The van der Waals surface area contributed by atoms with Gasteiger partial charge in [0.2, 0.25) is 11.8 Å². The zero-order chi connectivity index (χ0) is 12.6.